The van der Waals surface area contributed by atoms with Gasteiger partial charge in [-0.1, -0.05) is 38.8 Å². The van der Waals surface area contributed by atoms with Crippen LogP contribution in [0.25, 0.3) is 0 Å². The highest BCUT2D eigenvalue weighted by atomic mass is 35.5. The molecule has 0 aromatic heterocycles. The number of thioether (sulfide) groups is 1. The van der Waals surface area contributed by atoms with Crippen molar-refractivity contribution in [3.63, 3.8) is 0 Å². The first-order valence-electron chi connectivity index (χ1n) is 8.80. The minimum Gasteiger partial charge on any atom is -0.462 e. The van der Waals surface area contributed by atoms with Crippen molar-refractivity contribution in [1.82, 2.24) is 0 Å². The third kappa shape index (κ3) is 7.54. The van der Waals surface area contributed by atoms with E-state index in [0.29, 0.717) is 17.7 Å². The Morgan fingerprint density at radius 2 is 1.92 bits per heavy atom. The number of carbonyl (C=O) groups is 2. The van der Waals surface area contributed by atoms with E-state index in [0.717, 1.165) is 12.5 Å². The first kappa shape index (κ1) is 22.8. The van der Waals surface area contributed by atoms with Gasteiger partial charge in [0.15, 0.2) is 0 Å². The van der Waals surface area contributed by atoms with Crippen LogP contribution >= 0.6 is 23.4 Å². The molecule has 1 N–H and O–H groups in total. The fraction of sp³-hybridized carbons (Fsp3) is 0.579. The Labute approximate surface area is 164 Å². The summed E-state index contributed by atoms with van der Waals surface area (Å²) in [6.07, 6.45) is 1.49. The Bertz CT molecular complexity index is 637. The standard InChI is InChI=1S/C19H27ClFNO3S/c1-6-7-16(19(24)25-12(4)5)26-17-10-15(14(21)9-13(17)20)22-18(23)8-11(2)3/h9-12,16H,6-8H2,1-5H3,(H,22,23). The SMILES string of the molecule is CCCC(Sc1cc(NC(=O)CC(C)C)c(F)cc1Cl)C(=O)OC(C)C. The van der Waals surface area contributed by atoms with Gasteiger partial charge < -0.3 is 10.1 Å². The molecule has 0 fully saturated rings. The lowest BCUT2D eigenvalue weighted by molar-refractivity contribution is -0.146. The highest BCUT2D eigenvalue weighted by Gasteiger charge is 2.24. The van der Waals surface area contributed by atoms with Crippen LogP contribution in [0.2, 0.25) is 5.02 Å². The molecule has 0 aliphatic rings. The van der Waals surface area contributed by atoms with Gasteiger partial charge in [-0.25, -0.2) is 4.39 Å². The van der Waals surface area contributed by atoms with Gasteiger partial charge in [-0.3, -0.25) is 9.59 Å². The van der Waals surface area contributed by atoms with Crippen LogP contribution in [-0.4, -0.2) is 23.2 Å². The topological polar surface area (TPSA) is 55.4 Å². The van der Waals surface area contributed by atoms with Crippen molar-refractivity contribution in [2.24, 2.45) is 5.92 Å². The number of nitrogens with one attached hydrogen (secondary N) is 1. The summed E-state index contributed by atoms with van der Waals surface area (Å²) >= 11 is 7.38. The van der Waals surface area contributed by atoms with Crippen molar-refractivity contribution in [2.75, 3.05) is 5.32 Å². The number of benzene rings is 1. The number of hydrogen-bond donors (Lipinski definition) is 1. The lowest BCUT2D eigenvalue weighted by atomic mass is 10.1. The third-order valence-corrected chi connectivity index (χ3v) is 5.05. The summed E-state index contributed by atoms with van der Waals surface area (Å²) < 4.78 is 19.4. The molecule has 0 spiro atoms. The number of carbonyl (C=O) groups excluding carboxylic acids is 2. The molecule has 4 nitrogen and oxygen atoms in total. The molecule has 1 atom stereocenters. The molecule has 0 bridgehead atoms. The second kappa shape index (κ2) is 10.8. The number of hydrogen-bond acceptors (Lipinski definition) is 4. The van der Waals surface area contributed by atoms with Crippen molar-refractivity contribution >= 4 is 40.9 Å². The van der Waals surface area contributed by atoms with Gasteiger partial charge in [-0.2, -0.15) is 0 Å². The van der Waals surface area contributed by atoms with Crippen LogP contribution in [0.3, 0.4) is 0 Å². The van der Waals surface area contributed by atoms with Crippen LogP contribution < -0.4 is 5.32 Å². The van der Waals surface area contributed by atoms with E-state index in [4.69, 9.17) is 16.3 Å². The number of anilines is 1. The van der Waals surface area contributed by atoms with E-state index in [1.807, 2.05) is 20.8 Å². The van der Waals surface area contributed by atoms with Crippen molar-refractivity contribution in [3.8, 4) is 0 Å². The Morgan fingerprint density at radius 3 is 2.46 bits per heavy atom. The van der Waals surface area contributed by atoms with Crippen LogP contribution in [0.15, 0.2) is 17.0 Å². The summed E-state index contributed by atoms with van der Waals surface area (Å²) in [6, 6.07) is 2.64. The minimum absolute atomic E-state index is 0.0648. The van der Waals surface area contributed by atoms with Gasteiger partial charge in [0.05, 0.1) is 16.8 Å². The van der Waals surface area contributed by atoms with Crippen molar-refractivity contribution in [1.29, 1.82) is 0 Å². The summed E-state index contributed by atoms with van der Waals surface area (Å²) in [7, 11) is 0. The number of rotatable bonds is 9. The second-order valence-electron chi connectivity index (χ2n) is 6.79. The first-order chi connectivity index (χ1) is 12.1. The highest BCUT2D eigenvalue weighted by molar-refractivity contribution is 8.00. The van der Waals surface area contributed by atoms with E-state index in [2.05, 4.69) is 5.32 Å². The predicted molar refractivity (Wildman–Crippen MR) is 105 cm³/mol. The molecule has 26 heavy (non-hydrogen) atoms. The molecule has 1 aromatic rings. The second-order valence-corrected chi connectivity index (χ2v) is 8.44. The lowest BCUT2D eigenvalue weighted by Crippen LogP contribution is -2.23. The molecule has 0 saturated heterocycles. The monoisotopic (exact) mass is 403 g/mol. The summed E-state index contributed by atoms with van der Waals surface area (Å²) in [4.78, 5) is 24.7. The summed E-state index contributed by atoms with van der Waals surface area (Å²) in [5.74, 6) is -1.02. The van der Waals surface area contributed by atoms with E-state index in [1.54, 1.807) is 13.8 Å². The van der Waals surface area contributed by atoms with Crippen molar-refractivity contribution < 1.29 is 18.7 Å². The average Bonchev–Trinajstić information content (AvgIpc) is 2.49. The smallest absolute Gasteiger partial charge is 0.319 e. The molecule has 1 amide bonds. The van der Waals surface area contributed by atoms with E-state index in [9.17, 15) is 14.0 Å². The summed E-state index contributed by atoms with van der Waals surface area (Å²) in [5, 5.41) is 2.34. The van der Waals surface area contributed by atoms with Crippen LogP contribution in [-0.2, 0) is 14.3 Å². The number of ether oxygens (including phenoxy) is 1. The fourth-order valence-electron chi connectivity index (χ4n) is 2.24. The Balaban J connectivity index is 3.01. The normalized spacial score (nSPS) is 12.3. The van der Waals surface area contributed by atoms with Gasteiger partial charge in [-0.15, -0.1) is 11.8 Å². The molecule has 1 unspecified atom stereocenters. The lowest BCUT2D eigenvalue weighted by Gasteiger charge is -2.18. The van der Waals surface area contributed by atoms with Crippen LogP contribution in [0.5, 0.6) is 0 Å². The maximum Gasteiger partial charge on any atom is 0.319 e. The highest BCUT2D eigenvalue weighted by Crippen LogP contribution is 2.36. The Morgan fingerprint density at radius 1 is 1.27 bits per heavy atom. The van der Waals surface area contributed by atoms with Crippen molar-refractivity contribution in [2.45, 2.75) is 70.1 Å². The molecule has 0 radical (unpaired) electrons. The van der Waals surface area contributed by atoms with E-state index in [1.165, 1.54) is 17.8 Å². The van der Waals surface area contributed by atoms with Gasteiger partial charge in [0.1, 0.15) is 11.1 Å². The van der Waals surface area contributed by atoms with Crippen LogP contribution in [0.1, 0.15) is 53.9 Å². The Kier molecular flexibility index (Phi) is 9.44. The molecule has 0 aliphatic heterocycles. The third-order valence-electron chi connectivity index (χ3n) is 3.32. The fourth-order valence-corrected chi connectivity index (χ4v) is 3.69. The quantitative estimate of drug-likeness (QED) is 0.426. The number of esters is 1. The van der Waals surface area contributed by atoms with Gasteiger partial charge in [-0.05, 0) is 38.3 Å². The molecule has 0 aliphatic carbocycles. The van der Waals surface area contributed by atoms with Gasteiger partial charge in [0, 0.05) is 11.3 Å². The molecular weight excluding hydrogens is 377 g/mol. The number of halogens is 2. The van der Waals surface area contributed by atoms with E-state index in [-0.39, 0.29) is 34.6 Å². The largest absolute Gasteiger partial charge is 0.462 e. The van der Waals surface area contributed by atoms with Gasteiger partial charge in [0.2, 0.25) is 5.91 Å². The molecule has 0 saturated carbocycles. The van der Waals surface area contributed by atoms with Gasteiger partial charge in [0.25, 0.3) is 0 Å². The van der Waals surface area contributed by atoms with Crippen molar-refractivity contribution in [3.05, 3.63) is 23.0 Å². The van der Waals surface area contributed by atoms with Crippen LogP contribution in [0.4, 0.5) is 10.1 Å². The van der Waals surface area contributed by atoms with Gasteiger partial charge >= 0.3 is 5.97 Å². The Hall–Kier alpha value is -1.27. The summed E-state index contributed by atoms with van der Waals surface area (Å²) in [5.41, 5.74) is 0.0648. The molecule has 1 aromatic carbocycles. The zero-order valence-electron chi connectivity index (χ0n) is 15.9. The minimum atomic E-state index is -0.603. The van der Waals surface area contributed by atoms with E-state index >= 15 is 0 Å². The molecule has 1 rings (SSSR count). The molecular formula is C19H27ClFNO3S. The number of amides is 1. The molecule has 0 heterocycles. The maximum atomic E-state index is 14.1. The zero-order valence-corrected chi connectivity index (χ0v) is 17.5. The van der Waals surface area contributed by atoms with Crippen LogP contribution in [0, 0.1) is 11.7 Å². The average molecular weight is 404 g/mol. The summed E-state index contributed by atoms with van der Waals surface area (Å²) in [6.45, 7) is 9.38. The molecule has 146 valence electrons. The first-order valence-corrected chi connectivity index (χ1v) is 10.1. The van der Waals surface area contributed by atoms with E-state index < -0.39 is 11.1 Å². The maximum absolute atomic E-state index is 14.1. The zero-order chi connectivity index (χ0) is 19.9. The molecule has 7 heteroatoms. The predicted octanol–water partition coefficient (Wildman–Crippen LogP) is 5.68.